The molecule has 0 saturated heterocycles. The van der Waals surface area contributed by atoms with Crippen LogP contribution in [0.2, 0.25) is 10.0 Å². The molecule has 0 aliphatic carbocycles. The van der Waals surface area contributed by atoms with Gasteiger partial charge in [-0.15, -0.1) is 0 Å². The summed E-state index contributed by atoms with van der Waals surface area (Å²) in [6.07, 6.45) is 0. The molecule has 0 unspecified atom stereocenters. The largest absolute Gasteiger partial charge is 0.305 e. The number of benzene rings is 2. The molecule has 0 radical (unpaired) electrons. The van der Waals surface area contributed by atoms with Crippen molar-refractivity contribution in [2.75, 3.05) is 0 Å². The van der Waals surface area contributed by atoms with Gasteiger partial charge in [0.15, 0.2) is 0 Å². The number of amides is 1. The van der Waals surface area contributed by atoms with Gasteiger partial charge in [-0.2, -0.15) is 0 Å². The molecule has 0 heterocycles. The van der Waals surface area contributed by atoms with Crippen molar-refractivity contribution in [2.24, 2.45) is 0 Å². The van der Waals surface area contributed by atoms with Crippen LogP contribution in [0.4, 0.5) is 0 Å². The lowest BCUT2D eigenvalue weighted by atomic mass is 10.1. The van der Waals surface area contributed by atoms with E-state index in [1.54, 1.807) is 36.4 Å². The highest BCUT2D eigenvalue weighted by molar-refractivity contribution is 7.97. The van der Waals surface area contributed by atoms with E-state index in [-0.39, 0.29) is 0 Å². The van der Waals surface area contributed by atoms with E-state index in [0.717, 1.165) is 4.90 Å². The lowest BCUT2D eigenvalue weighted by Crippen LogP contribution is -2.44. The second kappa shape index (κ2) is 7.60. The second-order valence-corrected chi connectivity index (χ2v) is 8.04. The van der Waals surface area contributed by atoms with Crippen molar-refractivity contribution in [3.05, 3.63) is 64.1 Å². The summed E-state index contributed by atoms with van der Waals surface area (Å²) < 4.78 is 1.48. The van der Waals surface area contributed by atoms with Crippen LogP contribution in [0, 0.1) is 0 Å². The van der Waals surface area contributed by atoms with Crippen LogP contribution in [0.3, 0.4) is 0 Å². The zero-order valence-electron chi connectivity index (χ0n) is 13.5. The molecule has 2 rings (SSSR count). The number of rotatable bonds is 4. The van der Waals surface area contributed by atoms with E-state index in [2.05, 4.69) is 0 Å². The molecule has 0 aromatic heterocycles. The van der Waals surface area contributed by atoms with Gasteiger partial charge in [-0.25, -0.2) is 0 Å². The van der Waals surface area contributed by atoms with E-state index in [1.807, 2.05) is 32.9 Å². The molecule has 0 bridgehead atoms. The Hall–Kier alpha value is -1.49. The lowest BCUT2D eigenvalue weighted by Gasteiger charge is -2.33. The van der Waals surface area contributed by atoms with E-state index >= 15 is 0 Å². The highest BCUT2D eigenvalue weighted by Crippen LogP contribution is 2.31. The average Bonchev–Trinajstić information content (AvgIpc) is 2.52. The quantitative estimate of drug-likeness (QED) is 0.398. The summed E-state index contributed by atoms with van der Waals surface area (Å²) in [4.78, 5) is 26.1. The molecule has 0 atom stereocenters. The summed E-state index contributed by atoms with van der Waals surface area (Å²) in [6, 6.07) is 13.4. The summed E-state index contributed by atoms with van der Waals surface area (Å²) in [7, 11) is 0. The van der Waals surface area contributed by atoms with Gasteiger partial charge in [-0.05, 0) is 81.3 Å². The normalized spacial score (nSPS) is 11.2. The maximum absolute atomic E-state index is 12.7. The molecule has 0 spiro atoms. The van der Waals surface area contributed by atoms with E-state index in [9.17, 15) is 9.59 Å². The first-order chi connectivity index (χ1) is 11.2. The molecule has 3 nitrogen and oxygen atoms in total. The maximum atomic E-state index is 12.7. The number of carbonyl (C=O) groups is 2. The lowest BCUT2D eigenvalue weighted by molar-refractivity contribution is -0.124. The van der Waals surface area contributed by atoms with Crippen LogP contribution >= 0.6 is 35.1 Å². The monoisotopic (exact) mass is 381 g/mol. The molecular formula is C18H17Cl2NO2S. The first kappa shape index (κ1) is 18.8. The van der Waals surface area contributed by atoms with Gasteiger partial charge in [-0.3, -0.25) is 13.9 Å². The minimum absolute atomic E-state index is 0.315. The van der Waals surface area contributed by atoms with Crippen molar-refractivity contribution in [1.29, 1.82) is 0 Å². The Morgan fingerprint density at radius 2 is 1.33 bits per heavy atom. The predicted octanol–water partition coefficient (Wildman–Crippen LogP) is 5.51. The third-order valence-electron chi connectivity index (χ3n) is 3.10. The van der Waals surface area contributed by atoms with Crippen molar-refractivity contribution >= 4 is 46.8 Å². The molecule has 6 heteroatoms. The molecule has 0 saturated carbocycles. The van der Waals surface area contributed by atoms with E-state index in [0.29, 0.717) is 15.6 Å². The fourth-order valence-corrected chi connectivity index (χ4v) is 3.06. The van der Waals surface area contributed by atoms with Gasteiger partial charge >= 0.3 is 5.91 Å². The molecule has 2 aromatic carbocycles. The number of hydrogen-bond donors (Lipinski definition) is 0. The molecular weight excluding hydrogens is 365 g/mol. The Kier molecular flexibility index (Phi) is 5.97. The van der Waals surface area contributed by atoms with Crippen LogP contribution in [0.1, 0.15) is 31.1 Å². The fourth-order valence-electron chi connectivity index (χ4n) is 1.90. The van der Waals surface area contributed by atoms with E-state index in [4.69, 9.17) is 23.2 Å². The number of nitrogens with zero attached hydrogens (tertiary/aromatic N) is 1. The smallest absolute Gasteiger partial charge is 0.283 e. The number of ketones is 1. The van der Waals surface area contributed by atoms with Gasteiger partial charge in [0.05, 0.1) is 0 Å². The van der Waals surface area contributed by atoms with Crippen molar-refractivity contribution in [1.82, 2.24) is 4.31 Å². The molecule has 0 aliphatic rings. The first-order valence-corrected chi connectivity index (χ1v) is 8.79. The third-order valence-corrected chi connectivity index (χ3v) is 4.99. The van der Waals surface area contributed by atoms with Crippen LogP contribution in [-0.2, 0) is 4.79 Å². The molecule has 0 fully saturated rings. The first-order valence-electron chi connectivity index (χ1n) is 7.26. The van der Waals surface area contributed by atoms with E-state index < -0.39 is 17.2 Å². The molecule has 2 aromatic rings. The molecule has 0 aliphatic heterocycles. The third kappa shape index (κ3) is 4.76. The van der Waals surface area contributed by atoms with Crippen molar-refractivity contribution in [3.63, 3.8) is 0 Å². The second-order valence-electron chi connectivity index (χ2n) is 6.15. The topological polar surface area (TPSA) is 37.4 Å². The Labute approximate surface area is 156 Å². The summed E-state index contributed by atoms with van der Waals surface area (Å²) in [5, 5.41) is 1.13. The zero-order valence-corrected chi connectivity index (χ0v) is 15.9. The van der Waals surface area contributed by atoms with Gasteiger partial charge in [0.25, 0.3) is 5.78 Å². The van der Waals surface area contributed by atoms with Crippen LogP contribution in [0.5, 0.6) is 0 Å². The Bertz CT molecular complexity index is 737. The predicted molar refractivity (Wildman–Crippen MR) is 99.7 cm³/mol. The summed E-state index contributed by atoms with van der Waals surface area (Å²) in [5.74, 6) is -1.15. The zero-order chi connectivity index (χ0) is 17.9. The van der Waals surface area contributed by atoms with Crippen LogP contribution < -0.4 is 0 Å². The standard InChI is InChI=1S/C18H17Cl2NO2S/c1-18(2,3)21(24-15-10-8-14(20)9-11-15)17(23)16(22)12-4-6-13(19)7-5-12/h4-11H,1-3H3. The Morgan fingerprint density at radius 1 is 0.875 bits per heavy atom. The highest BCUT2D eigenvalue weighted by atomic mass is 35.5. The van der Waals surface area contributed by atoms with Crippen molar-refractivity contribution in [3.8, 4) is 0 Å². The molecule has 0 N–H and O–H groups in total. The summed E-state index contributed by atoms with van der Waals surface area (Å²) in [6.45, 7) is 5.63. The van der Waals surface area contributed by atoms with Crippen molar-refractivity contribution in [2.45, 2.75) is 31.2 Å². The number of hydrogen-bond acceptors (Lipinski definition) is 3. The molecule has 24 heavy (non-hydrogen) atoms. The van der Waals surface area contributed by atoms with Crippen LogP contribution in [-0.4, -0.2) is 21.5 Å². The summed E-state index contributed by atoms with van der Waals surface area (Å²) >= 11 is 12.9. The Morgan fingerprint density at radius 3 is 1.79 bits per heavy atom. The van der Waals surface area contributed by atoms with Crippen LogP contribution in [0.25, 0.3) is 0 Å². The van der Waals surface area contributed by atoms with Gasteiger partial charge < -0.3 is 0 Å². The number of carbonyl (C=O) groups excluding carboxylic acids is 2. The van der Waals surface area contributed by atoms with Gasteiger partial charge in [0, 0.05) is 26.0 Å². The average molecular weight is 382 g/mol. The minimum atomic E-state index is -0.579. The maximum Gasteiger partial charge on any atom is 0.305 e. The van der Waals surface area contributed by atoms with Gasteiger partial charge in [-0.1, -0.05) is 23.2 Å². The number of halogens is 2. The highest BCUT2D eigenvalue weighted by Gasteiger charge is 2.32. The van der Waals surface area contributed by atoms with Crippen LogP contribution in [0.15, 0.2) is 53.4 Å². The van der Waals surface area contributed by atoms with Crippen molar-refractivity contribution < 1.29 is 9.59 Å². The van der Waals surface area contributed by atoms with Gasteiger partial charge in [0.1, 0.15) is 0 Å². The molecule has 126 valence electrons. The fraction of sp³-hybridized carbons (Fsp3) is 0.222. The number of Topliss-reactive ketones (excluding diaryl/α,β-unsaturated/α-hetero) is 1. The van der Waals surface area contributed by atoms with Gasteiger partial charge in [0.2, 0.25) is 0 Å². The SMILES string of the molecule is CC(C)(C)N(Sc1ccc(Cl)cc1)C(=O)C(=O)c1ccc(Cl)cc1. The molecule has 1 amide bonds. The summed E-state index contributed by atoms with van der Waals surface area (Å²) in [5.41, 5.74) is -0.223. The Balaban J connectivity index is 2.26. The minimum Gasteiger partial charge on any atom is -0.283 e. The van der Waals surface area contributed by atoms with E-state index in [1.165, 1.54) is 16.3 Å².